The Labute approximate surface area is 126 Å². The normalized spacial score (nSPS) is 23.2. The van der Waals surface area contributed by atoms with Gasteiger partial charge in [-0.15, -0.1) is 0 Å². The monoisotopic (exact) mass is 292 g/mol. The molecule has 0 spiro atoms. The zero-order valence-electron chi connectivity index (χ0n) is 13.0. The number of ether oxygens (including phenoxy) is 2. The first-order valence-electron chi connectivity index (χ1n) is 7.47. The van der Waals surface area contributed by atoms with Crippen molar-refractivity contribution in [1.82, 2.24) is 9.80 Å². The molecule has 0 bridgehead atoms. The number of aliphatic hydroxyl groups excluding tert-OH is 1. The third-order valence-corrected chi connectivity index (χ3v) is 4.61. The fourth-order valence-corrected chi connectivity index (χ4v) is 2.97. The molecule has 5 nitrogen and oxygen atoms in total. The van der Waals surface area contributed by atoms with Gasteiger partial charge in [0, 0.05) is 31.7 Å². The summed E-state index contributed by atoms with van der Waals surface area (Å²) < 4.78 is 10.7. The van der Waals surface area contributed by atoms with E-state index in [2.05, 4.69) is 30.7 Å². The molecule has 0 amide bonds. The van der Waals surface area contributed by atoms with E-state index in [4.69, 9.17) is 9.47 Å². The van der Waals surface area contributed by atoms with Crippen molar-refractivity contribution < 1.29 is 14.6 Å². The standard InChI is InChI=1S/C16H24N2O3/c1-16(2)10-18(7-6-17(16)3)9-13(19)12-4-5-14-15(8-12)21-11-20-14/h4-5,8,13,19H,6-7,9-11H2,1-3H3. The number of piperazine rings is 1. The summed E-state index contributed by atoms with van der Waals surface area (Å²) >= 11 is 0. The minimum absolute atomic E-state index is 0.146. The summed E-state index contributed by atoms with van der Waals surface area (Å²) in [4.78, 5) is 4.70. The molecule has 1 atom stereocenters. The summed E-state index contributed by atoms with van der Waals surface area (Å²) in [7, 11) is 2.16. The zero-order chi connectivity index (χ0) is 15.0. The molecule has 1 saturated heterocycles. The molecule has 0 radical (unpaired) electrons. The molecule has 5 heteroatoms. The molecule has 3 rings (SSSR count). The van der Waals surface area contributed by atoms with E-state index < -0.39 is 6.10 Å². The van der Waals surface area contributed by atoms with Gasteiger partial charge in [0.1, 0.15) is 0 Å². The Morgan fingerprint density at radius 1 is 1.24 bits per heavy atom. The molecule has 0 saturated carbocycles. The van der Waals surface area contributed by atoms with Gasteiger partial charge in [0.15, 0.2) is 11.5 Å². The maximum atomic E-state index is 10.5. The van der Waals surface area contributed by atoms with Crippen LogP contribution in [0.25, 0.3) is 0 Å². The van der Waals surface area contributed by atoms with Gasteiger partial charge in [-0.3, -0.25) is 9.80 Å². The van der Waals surface area contributed by atoms with Crippen molar-refractivity contribution in [2.75, 3.05) is 40.0 Å². The molecule has 1 aromatic carbocycles. The predicted octanol–water partition coefficient (Wildman–Crippen LogP) is 1.47. The van der Waals surface area contributed by atoms with E-state index in [0.717, 1.165) is 36.7 Å². The molecule has 1 fully saturated rings. The summed E-state index contributed by atoms with van der Waals surface area (Å²) in [5.74, 6) is 1.48. The lowest BCUT2D eigenvalue weighted by Gasteiger charge is -2.45. The molecule has 116 valence electrons. The predicted molar refractivity (Wildman–Crippen MR) is 80.7 cm³/mol. The molecule has 2 heterocycles. The van der Waals surface area contributed by atoms with Crippen molar-refractivity contribution in [3.05, 3.63) is 23.8 Å². The average Bonchev–Trinajstić information content (AvgIpc) is 2.89. The van der Waals surface area contributed by atoms with Crippen molar-refractivity contribution in [3.8, 4) is 11.5 Å². The Bertz CT molecular complexity index is 518. The Kier molecular flexibility index (Phi) is 3.82. The number of likely N-dealkylation sites (N-methyl/N-ethyl adjacent to an activating group) is 1. The van der Waals surface area contributed by atoms with Gasteiger partial charge in [-0.25, -0.2) is 0 Å². The first-order valence-corrected chi connectivity index (χ1v) is 7.47. The second-order valence-electron chi connectivity index (χ2n) is 6.60. The Balaban J connectivity index is 1.65. The highest BCUT2D eigenvalue weighted by Gasteiger charge is 2.31. The number of β-amino-alcohol motifs (C(OH)–C–C–N with tert-alkyl or cyclic N) is 1. The van der Waals surface area contributed by atoms with Crippen molar-refractivity contribution in [1.29, 1.82) is 0 Å². The van der Waals surface area contributed by atoms with Gasteiger partial charge in [0.05, 0.1) is 6.10 Å². The second-order valence-corrected chi connectivity index (χ2v) is 6.60. The summed E-state index contributed by atoms with van der Waals surface area (Å²) in [5.41, 5.74) is 1.03. The minimum Gasteiger partial charge on any atom is -0.454 e. The Hall–Kier alpha value is -1.30. The van der Waals surface area contributed by atoms with Crippen LogP contribution in [0, 0.1) is 0 Å². The topological polar surface area (TPSA) is 45.2 Å². The number of hydrogen-bond acceptors (Lipinski definition) is 5. The van der Waals surface area contributed by atoms with Gasteiger partial charge in [-0.2, -0.15) is 0 Å². The molecular weight excluding hydrogens is 268 g/mol. The summed E-state index contributed by atoms with van der Waals surface area (Å²) in [6.45, 7) is 8.38. The average molecular weight is 292 g/mol. The number of benzene rings is 1. The van der Waals surface area contributed by atoms with Gasteiger partial charge < -0.3 is 14.6 Å². The summed E-state index contributed by atoms with van der Waals surface area (Å²) in [5, 5.41) is 10.5. The van der Waals surface area contributed by atoms with Gasteiger partial charge in [-0.05, 0) is 38.6 Å². The first-order chi connectivity index (χ1) is 9.95. The second kappa shape index (κ2) is 5.48. The highest BCUT2D eigenvalue weighted by Crippen LogP contribution is 2.34. The van der Waals surface area contributed by atoms with Crippen molar-refractivity contribution in [3.63, 3.8) is 0 Å². The summed E-state index contributed by atoms with van der Waals surface area (Å²) in [6, 6.07) is 5.67. The van der Waals surface area contributed by atoms with E-state index in [1.807, 2.05) is 18.2 Å². The largest absolute Gasteiger partial charge is 0.454 e. The van der Waals surface area contributed by atoms with E-state index in [1.54, 1.807) is 0 Å². The van der Waals surface area contributed by atoms with Crippen LogP contribution in [0.15, 0.2) is 18.2 Å². The van der Waals surface area contributed by atoms with E-state index in [-0.39, 0.29) is 12.3 Å². The highest BCUT2D eigenvalue weighted by atomic mass is 16.7. The Morgan fingerprint density at radius 2 is 2.00 bits per heavy atom. The maximum absolute atomic E-state index is 10.5. The van der Waals surface area contributed by atoms with Gasteiger partial charge in [-0.1, -0.05) is 6.07 Å². The fourth-order valence-electron chi connectivity index (χ4n) is 2.97. The maximum Gasteiger partial charge on any atom is 0.231 e. The van der Waals surface area contributed by atoms with Crippen molar-refractivity contribution >= 4 is 0 Å². The van der Waals surface area contributed by atoms with Crippen LogP contribution in [0.4, 0.5) is 0 Å². The molecule has 0 aliphatic carbocycles. The molecule has 0 aromatic heterocycles. The molecule has 1 N–H and O–H groups in total. The van der Waals surface area contributed by atoms with Crippen LogP contribution in [-0.2, 0) is 0 Å². The fraction of sp³-hybridized carbons (Fsp3) is 0.625. The zero-order valence-corrected chi connectivity index (χ0v) is 13.0. The summed E-state index contributed by atoms with van der Waals surface area (Å²) in [6.07, 6.45) is -0.501. The molecule has 21 heavy (non-hydrogen) atoms. The first kappa shape index (κ1) is 14.6. The lowest BCUT2D eigenvalue weighted by Crippen LogP contribution is -2.58. The van der Waals surface area contributed by atoms with Crippen molar-refractivity contribution in [2.24, 2.45) is 0 Å². The van der Waals surface area contributed by atoms with Gasteiger partial charge in [0.2, 0.25) is 6.79 Å². The van der Waals surface area contributed by atoms with Crippen LogP contribution in [0.2, 0.25) is 0 Å². The van der Waals surface area contributed by atoms with E-state index in [9.17, 15) is 5.11 Å². The smallest absolute Gasteiger partial charge is 0.231 e. The number of fused-ring (bicyclic) bond motifs is 1. The molecule has 2 aliphatic heterocycles. The van der Waals surface area contributed by atoms with Crippen LogP contribution >= 0.6 is 0 Å². The van der Waals surface area contributed by atoms with Gasteiger partial charge in [0.25, 0.3) is 0 Å². The van der Waals surface area contributed by atoms with Crippen LogP contribution in [0.1, 0.15) is 25.5 Å². The molecular formula is C16H24N2O3. The number of rotatable bonds is 3. The highest BCUT2D eigenvalue weighted by molar-refractivity contribution is 5.45. The van der Waals surface area contributed by atoms with Crippen LogP contribution in [0.5, 0.6) is 11.5 Å². The van der Waals surface area contributed by atoms with E-state index in [0.29, 0.717) is 6.54 Å². The minimum atomic E-state index is -0.501. The Morgan fingerprint density at radius 3 is 2.76 bits per heavy atom. The third-order valence-electron chi connectivity index (χ3n) is 4.61. The van der Waals surface area contributed by atoms with Crippen LogP contribution in [-0.4, -0.2) is 60.5 Å². The number of aliphatic hydroxyl groups is 1. The third kappa shape index (κ3) is 3.00. The van der Waals surface area contributed by atoms with E-state index >= 15 is 0 Å². The lowest BCUT2D eigenvalue weighted by molar-refractivity contribution is 0.0141. The van der Waals surface area contributed by atoms with Crippen molar-refractivity contribution in [2.45, 2.75) is 25.5 Å². The molecule has 1 unspecified atom stereocenters. The molecule has 1 aromatic rings. The molecule has 2 aliphatic rings. The SMILES string of the molecule is CN1CCN(CC(O)c2ccc3c(c2)OCO3)CC1(C)C. The lowest BCUT2D eigenvalue weighted by atomic mass is 9.99. The number of hydrogen-bond donors (Lipinski definition) is 1. The quantitative estimate of drug-likeness (QED) is 0.914. The van der Waals surface area contributed by atoms with Gasteiger partial charge >= 0.3 is 0 Å². The van der Waals surface area contributed by atoms with E-state index in [1.165, 1.54) is 0 Å². The van der Waals surface area contributed by atoms with Crippen LogP contribution in [0.3, 0.4) is 0 Å². The number of nitrogens with zero attached hydrogens (tertiary/aromatic N) is 2. The van der Waals surface area contributed by atoms with Crippen LogP contribution < -0.4 is 9.47 Å².